The van der Waals surface area contributed by atoms with Crippen LogP contribution in [0.4, 0.5) is 4.39 Å². The second kappa shape index (κ2) is 6.29. The fraction of sp³-hybridized carbons (Fsp3) is 0.417. The molecule has 1 unspecified atom stereocenters. The molecule has 0 saturated carbocycles. The molecule has 1 aromatic rings. The van der Waals surface area contributed by atoms with Crippen molar-refractivity contribution in [3.63, 3.8) is 0 Å². The number of hydrogen-bond acceptors (Lipinski definition) is 4. The van der Waals surface area contributed by atoms with E-state index in [2.05, 4.69) is 4.72 Å². The first-order valence-electron chi connectivity index (χ1n) is 5.83. The van der Waals surface area contributed by atoms with Gasteiger partial charge in [-0.1, -0.05) is 0 Å². The summed E-state index contributed by atoms with van der Waals surface area (Å²) in [5.74, 6) is -2.41. The zero-order valence-electron chi connectivity index (χ0n) is 11.4. The molecule has 1 aromatic carbocycles. The second-order valence-electron chi connectivity index (χ2n) is 4.73. The molecule has 0 aliphatic heterocycles. The molecule has 6 nitrogen and oxygen atoms in total. The number of hydrogen-bond donors (Lipinski definition) is 2. The zero-order chi connectivity index (χ0) is 15.5. The van der Waals surface area contributed by atoms with Crippen molar-refractivity contribution < 1.29 is 22.7 Å². The smallest absolute Gasteiger partial charge is 0.335 e. The Balaban J connectivity index is 3.01. The molecular weight excluding hydrogens is 287 g/mol. The lowest BCUT2D eigenvalue weighted by Gasteiger charge is -2.18. The average Bonchev–Trinajstić information content (AvgIpc) is 2.25. The number of nitrogens with one attached hydrogen (secondary N) is 1. The van der Waals surface area contributed by atoms with Crippen LogP contribution in [0.1, 0.15) is 17.3 Å². The molecule has 0 heterocycles. The summed E-state index contributed by atoms with van der Waals surface area (Å²) in [5, 5.41) is 8.71. The van der Waals surface area contributed by atoms with Crippen molar-refractivity contribution in [3.05, 3.63) is 29.6 Å². The maximum absolute atomic E-state index is 13.7. The molecule has 1 rings (SSSR count). The van der Waals surface area contributed by atoms with Crippen LogP contribution in [0.5, 0.6) is 0 Å². The summed E-state index contributed by atoms with van der Waals surface area (Å²) < 4.78 is 40.1. The van der Waals surface area contributed by atoms with E-state index in [9.17, 15) is 17.6 Å². The predicted octanol–water partition coefficient (Wildman–Crippen LogP) is 0.752. The fourth-order valence-electron chi connectivity index (χ4n) is 1.77. The summed E-state index contributed by atoms with van der Waals surface area (Å²) in [6.45, 7) is 2.11. The molecule has 0 aliphatic carbocycles. The van der Waals surface area contributed by atoms with Crippen molar-refractivity contribution in [2.45, 2.75) is 17.9 Å². The topological polar surface area (TPSA) is 86.7 Å². The Kier molecular flexibility index (Phi) is 5.21. The largest absolute Gasteiger partial charge is 0.478 e. The number of carbonyl (C=O) groups is 1. The fourth-order valence-corrected chi connectivity index (χ4v) is 3.06. The predicted molar refractivity (Wildman–Crippen MR) is 71.7 cm³/mol. The van der Waals surface area contributed by atoms with Gasteiger partial charge in [0.2, 0.25) is 10.0 Å². The van der Waals surface area contributed by atoms with Gasteiger partial charge in [0.15, 0.2) is 0 Å². The molecule has 0 spiro atoms. The lowest BCUT2D eigenvalue weighted by Crippen LogP contribution is -2.39. The van der Waals surface area contributed by atoms with E-state index in [1.54, 1.807) is 25.9 Å². The highest BCUT2D eigenvalue weighted by atomic mass is 32.2. The molecule has 0 fully saturated rings. The van der Waals surface area contributed by atoms with E-state index in [0.29, 0.717) is 12.6 Å². The van der Waals surface area contributed by atoms with Gasteiger partial charge in [0.25, 0.3) is 0 Å². The lowest BCUT2D eigenvalue weighted by molar-refractivity contribution is 0.0696. The summed E-state index contributed by atoms with van der Waals surface area (Å²) in [5.41, 5.74) is -0.303. The van der Waals surface area contributed by atoms with E-state index in [4.69, 9.17) is 5.11 Å². The van der Waals surface area contributed by atoms with E-state index in [-0.39, 0.29) is 5.56 Å². The molecule has 0 bridgehead atoms. The van der Waals surface area contributed by atoms with Crippen LogP contribution in [-0.2, 0) is 10.0 Å². The van der Waals surface area contributed by atoms with Crippen LogP contribution in [0, 0.1) is 5.82 Å². The van der Waals surface area contributed by atoms with Gasteiger partial charge in [0, 0.05) is 12.6 Å². The first-order valence-corrected chi connectivity index (χ1v) is 7.31. The van der Waals surface area contributed by atoms with Crippen molar-refractivity contribution in [2.24, 2.45) is 0 Å². The van der Waals surface area contributed by atoms with Gasteiger partial charge >= 0.3 is 5.97 Å². The Bertz CT molecular complexity index is 601. The van der Waals surface area contributed by atoms with Crippen molar-refractivity contribution >= 4 is 16.0 Å². The molecule has 8 heteroatoms. The first kappa shape index (κ1) is 16.5. The summed E-state index contributed by atoms with van der Waals surface area (Å²) in [7, 11) is -0.453. The molecule has 20 heavy (non-hydrogen) atoms. The first-order chi connectivity index (χ1) is 9.13. The summed E-state index contributed by atoms with van der Waals surface area (Å²) in [6, 6.07) is 2.28. The van der Waals surface area contributed by atoms with Crippen molar-refractivity contribution in [2.75, 3.05) is 20.6 Å². The van der Waals surface area contributed by atoms with Crippen LogP contribution in [0.3, 0.4) is 0 Å². The Hall–Kier alpha value is -1.51. The molecule has 0 aromatic heterocycles. The number of carboxylic acids is 1. The second-order valence-corrected chi connectivity index (χ2v) is 6.42. The van der Waals surface area contributed by atoms with Gasteiger partial charge in [-0.2, -0.15) is 0 Å². The van der Waals surface area contributed by atoms with Crippen LogP contribution in [0.25, 0.3) is 0 Å². The third-order valence-corrected chi connectivity index (χ3v) is 4.09. The minimum absolute atomic E-state index is 0.303. The Morgan fingerprint density at radius 1 is 1.45 bits per heavy atom. The van der Waals surface area contributed by atoms with Gasteiger partial charge in [-0.3, -0.25) is 0 Å². The quantitative estimate of drug-likeness (QED) is 0.810. The van der Waals surface area contributed by atoms with Crippen LogP contribution >= 0.6 is 0 Å². The van der Waals surface area contributed by atoms with E-state index in [1.165, 1.54) is 0 Å². The number of nitrogens with zero attached hydrogens (tertiary/aromatic N) is 1. The molecule has 1 atom stereocenters. The van der Waals surface area contributed by atoms with Crippen LogP contribution in [0.15, 0.2) is 23.1 Å². The monoisotopic (exact) mass is 304 g/mol. The Labute approximate surface area is 117 Å². The standard InChI is InChI=1S/C12H17FN2O4S/c1-8(7-15(2)3)14-20(18,19)11-5-4-9(12(16)17)6-10(11)13/h4-6,8,14H,7H2,1-3H3,(H,16,17). The van der Waals surface area contributed by atoms with E-state index < -0.39 is 32.7 Å². The summed E-state index contributed by atoms with van der Waals surface area (Å²) >= 11 is 0. The van der Waals surface area contributed by atoms with Crippen LogP contribution in [-0.4, -0.2) is 51.1 Å². The van der Waals surface area contributed by atoms with E-state index in [1.807, 2.05) is 0 Å². The molecule has 0 saturated heterocycles. The van der Waals surface area contributed by atoms with E-state index in [0.717, 1.165) is 12.1 Å². The Morgan fingerprint density at radius 3 is 2.50 bits per heavy atom. The van der Waals surface area contributed by atoms with Crippen molar-refractivity contribution in [1.29, 1.82) is 0 Å². The lowest BCUT2D eigenvalue weighted by atomic mass is 10.2. The molecule has 0 aliphatic rings. The van der Waals surface area contributed by atoms with E-state index >= 15 is 0 Å². The highest BCUT2D eigenvalue weighted by Gasteiger charge is 2.22. The van der Waals surface area contributed by atoms with Gasteiger partial charge in [0.05, 0.1) is 5.56 Å². The number of carboxylic acid groups (broad SMARTS) is 1. The number of rotatable bonds is 6. The Morgan fingerprint density at radius 2 is 2.05 bits per heavy atom. The maximum atomic E-state index is 13.7. The minimum Gasteiger partial charge on any atom is -0.478 e. The van der Waals surface area contributed by atoms with Gasteiger partial charge in [-0.25, -0.2) is 22.3 Å². The minimum atomic E-state index is -4.02. The van der Waals surface area contributed by atoms with Gasteiger partial charge in [-0.15, -0.1) is 0 Å². The zero-order valence-corrected chi connectivity index (χ0v) is 12.2. The third-order valence-electron chi connectivity index (χ3n) is 2.46. The van der Waals surface area contributed by atoms with Crippen molar-refractivity contribution in [1.82, 2.24) is 9.62 Å². The third kappa shape index (κ3) is 4.26. The van der Waals surface area contributed by atoms with Gasteiger partial charge < -0.3 is 10.0 Å². The van der Waals surface area contributed by atoms with Crippen LogP contribution < -0.4 is 4.72 Å². The SMILES string of the molecule is CC(CN(C)C)NS(=O)(=O)c1ccc(C(=O)O)cc1F. The van der Waals surface area contributed by atoms with Gasteiger partial charge in [-0.05, 0) is 39.2 Å². The maximum Gasteiger partial charge on any atom is 0.335 e. The number of sulfonamides is 1. The van der Waals surface area contributed by atoms with Gasteiger partial charge in [0.1, 0.15) is 10.7 Å². The van der Waals surface area contributed by atoms with Crippen LogP contribution in [0.2, 0.25) is 0 Å². The number of benzene rings is 1. The number of halogens is 1. The normalized spacial score (nSPS) is 13.4. The summed E-state index contributed by atoms with van der Waals surface area (Å²) in [6.07, 6.45) is 0. The molecule has 0 amide bonds. The molecule has 0 radical (unpaired) electrons. The summed E-state index contributed by atoms with van der Waals surface area (Å²) in [4.78, 5) is 11.9. The molecule has 112 valence electrons. The number of likely N-dealkylation sites (N-methyl/N-ethyl adjacent to an activating group) is 1. The molecular formula is C12H17FN2O4S. The van der Waals surface area contributed by atoms with Crippen molar-refractivity contribution in [3.8, 4) is 0 Å². The highest BCUT2D eigenvalue weighted by Crippen LogP contribution is 2.16. The highest BCUT2D eigenvalue weighted by molar-refractivity contribution is 7.89. The number of aromatic carboxylic acids is 1. The molecule has 2 N–H and O–H groups in total. The average molecular weight is 304 g/mol.